The molecule has 0 saturated heterocycles. The number of ether oxygens (including phenoxy) is 1. The lowest BCUT2D eigenvalue weighted by atomic mass is 9.96. The van der Waals surface area contributed by atoms with Crippen molar-refractivity contribution in [2.24, 2.45) is 0 Å². The maximum absolute atomic E-state index is 13.9. The second-order valence-corrected chi connectivity index (χ2v) is 10.2. The molecule has 2 heterocycles. The van der Waals surface area contributed by atoms with Gasteiger partial charge >= 0.3 is 5.76 Å². The highest BCUT2D eigenvalue weighted by Crippen LogP contribution is 2.30. The van der Waals surface area contributed by atoms with Crippen LogP contribution in [0.15, 0.2) is 86.9 Å². The molecule has 0 fully saturated rings. The smallest absolute Gasteiger partial charge is 0.439 e. The summed E-state index contributed by atoms with van der Waals surface area (Å²) in [6.45, 7) is 8.09. The minimum atomic E-state index is -0.597. The number of aromatic amines is 1. The van der Waals surface area contributed by atoms with Crippen LogP contribution in [0.4, 0.5) is 0 Å². The molecule has 3 aromatic carbocycles. The fraction of sp³-hybridized carbons (Fsp3) is 0.273. The highest BCUT2D eigenvalue weighted by atomic mass is 35.5. The topological polar surface area (TPSA) is 103 Å². The molecule has 9 heteroatoms. The highest BCUT2D eigenvalue weighted by Gasteiger charge is 2.17. The Morgan fingerprint density at radius 2 is 1.64 bits per heavy atom. The lowest BCUT2D eigenvalue weighted by molar-refractivity contribution is 0.217. The van der Waals surface area contributed by atoms with Gasteiger partial charge in [-0.25, -0.2) is 9.78 Å². The van der Waals surface area contributed by atoms with E-state index in [1.54, 1.807) is 4.57 Å². The molecule has 0 amide bonds. The minimum absolute atomic E-state index is 0. The van der Waals surface area contributed by atoms with Crippen LogP contribution in [-0.2, 0) is 12.8 Å². The van der Waals surface area contributed by atoms with Crippen LogP contribution in [0, 0.1) is 6.92 Å². The zero-order chi connectivity index (χ0) is 28.9. The van der Waals surface area contributed by atoms with E-state index in [-0.39, 0.29) is 24.1 Å². The maximum Gasteiger partial charge on any atom is 0.439 e. The number of aryl methyl sites for hydroxylation is 2. The molecule has 0 spiro atoms. The summed E-state index contributed by atoms with van der Waals surface area (Å²) in [5.74, 6) is 1.22. The molecule has 1 N–H and O–H groups in total. The summed E-state index contributed by atoms with van der Waals surface area (Å²) < 4.78 is 12.3. The van der Waals surface area contributed by atoms with Gasteiger partial charge in [-0.15, -0.1) is 12.4 Å². The Balaban J connectivity index is 0.00000405. The van der Waals surface area contributed by atoms with Crippen molar-refractivity contribution in [3.63, 3.8) is 0 Å². The van der Waals surface area contributed by atoms with Crippen molar-refractivity contribution in [3.8, 4) is 34.0 Å². The molecule has 2 aromatic heterocycles. The maximum atomic E-state index is 13.9. The monoisotopic (exact) mass is 586 g/mol. The summed E-state index contributed by atoms with van der Waals surface area (Å²) in [6, 6.07) is 23.4. The first kappa shape index (κ1) is 30.5. The third kappa shape index (κ3) is 6.55. The van der Waals surface area contributed by atoms with Gasteiger partial charge in [0.2, 0.25) is 0 Å². The Kier molecular flexibility index (Phi) is 9.80. The summed E-state index contributed by atoms with van der Waals surface area (Å²) >= 11 is 0. The van der Waals surface area contributed by atoms with E-state index in [4.69, 9.17) is 14.2 Å². The van der Waals surface area contributed by atoms with Crippen LogP contribution in [0.2, 0.25) is 0 Å². The normalized spacial score (nSPS) is 11.6. The van der Waals surface area contributed by atoms with Gasteiger partial charge < -0.3 is 4.74 Å². The Morgan fingerprint density at radius 1 is 0.952 bits per heavy atom. The quantitative estimate of drug-likeness (QED) is 0.195. The molecular weight excluding hydrogens is 552 g/mol. The summed E-state index contributed by atoms with van der Waals surface area (Å²) in [5.41, 5.74) is 5.89. The number of nitrogens with one attached hydrogen (secondary N) is 1. The van der Waals surface area contributed by atoms with E-state index in [1.807, 2.05) is 86.6 Å². The number of aromatic nitrogens is 4. The van der Waals surface area contributed by atoms with Crippen LogP contribution < -0.4 is 16.1 Å². The highest BCUT2D eigenvalue weighted by molar-refractivity contribution is 5.85. The molecular formula is C33H35ClN4O4. The number of rotatable bonds is 10. The summed E-state index contributed by atoms with van der Waals surface area (Å²) in [7, 11) is 0. The third-order valence-electron chi connectivity index (χ3n) is 7.19. The van der Waals surface area contributed by atoms with Crippen LogP contribution >= 0.6 is 12.4 Å². The van der Waals surface area contributed by atoms with Crippen LogP contribution in [0.1, 0.15) is 56.3 Å². The molecule has 8 nitrogen and oxygen atoms in total. The first-order valence-corrected chi connectivity index (χ1v) is 14.0. The predicted molar refractivity (Wildman–Crippen MR) is 167 cm³/mol. The lowest BCUT2D eigenvalue weighted by Gasteiger charge is -2.17. The zero-order valence-corrected chi connectivity index (χ0v) is 25.0. The predicted octanol–water partition coefficient (Wildman–Crippen LogP) is 6.69. The molecule has 0 bridgehead atoms. The van der Waals surface area contributed by atoms with Gasteiger partial charge in [-0.3, -0.25) is 18.9 Å². The van der Waals surface area contributed by atoms with Crippen LogP contribution in [0.5, 0.6) is 5.75 Å². The van der Waals surface area contributed by atoms with E-state index in [2.05, 4.69) is 24.0 Å². The molecule has 42 heavy (non-hydrogen) atoms. The number of nitrogens with zero attached hydrogens (tertiary/aromatic N) is 3. The zero-order valence-electron chi connectivity index (χ0n) is 24.2. The van der Waals surface area contributed by atoms with Crippen molar-refractivity contribution in [1.82, 2.24) is 19.7 Å². The van der Waals surface area contributed by atoms with Gasteiger partial charge in [0.15, 0.2) is 5.82 Å². The van der Waals surface area contributed by atoms with Gasteiger partial charge in [0, 0.05) is 17.5 Å². The Bertz CT molecular complexity index is 1760. The molecule has 0 aliphatic rings. The van der Waals surface area contributed by atoms with Crippen molar-refractivity contribution < 1.29 is 9.26 Å². The van der Waals surface area contributed by atoms with Gasteiger partial charge in [-0.05, 0) is 67.6 Å². The van der Waals surface area contributed by atoms with Gasteiger partial charge in [0.1, 0.15) is 11.6 Å². The van der Waals surface area contributed by atoms with Crippen molar-refractivity contribution >= 4 is 12.4 Å². The molecule has 5 aromatic rings. The standard InChI is InChI=1S/C33H34N4O4.ClH/c1-5-9-30-29(32(38)37(22(4)34-30)25-16-18-26(19-17-25)40-21(3)6-2)20-23-12-14-24(15-13-23)27-10-7-8-11-28(27)31-35-33(39)41-36-31;/h7-8,10-19,21H,5-6,9,20H2,1-4H3,(H,35,36,39);1H. The lowest BCUT2D eigenvalue weighted by Crippen LogP contribution is -2.28. The Morgan fingerprint density at radius 3 is 2.26 bits per heavy atom. The number of halogens is 1. The molecule has 0 aliphatic carbocycles. The fourth-order valence-corrected chi connectivity index (χ4v) is 4.93. The van der Waals surface area contributed by atoms with Gasteiger partial charge in [-0.1, -0.05) is 74.0 Å². The van der Waals surface area contributed by atoms with E-state index in [0.29, 0.717) is 23.6 Å². The summed E-state index contributed by atoms with van der Waals surface area (Å²) in [5, 5.41) is 3.85. The van der Waals surface area contributed by atoms with E-state index < -0.39 is 5.76 Å². The minimum Gasteiger partial charge on any atom is -0.491 e. The first-order chi connectivity index (χ1) is 19.9. The van der Waals surface area contributed by atoms with E-state index in [0.717, 1.165) is 58.6 Å². The molecule has 218 valence electrons. The van der Waals surface area contributed by atoms with Crippen LogP contribution in [-0.4, -0.2) is 25.8 Å². The van der Waals surface area contributed by atoms with Crippen molar-refractivity contribution in [1.29, 1.82) is 0 Å². The largest absolute Gasteiger partial charge is 0.491 e. The van der Waals surface area contributed by atoms with Crippen LogP contribution in [0.3, 0.4) is 0 Å². The summed E-state index contributed by atoms with van der Waals surface area (Å²) in [6.07, 6.45) is 3.13. The van der Waals surface area contributed by atoms with E-state index in [9.17, 15) is 9.59 Å². The Hall–Kier alpha value is -4.43. The van der Waals surface area contributed by atoms with E-state index >= 15 is 0 Å². The number of hydrogen-bond acceptors (Lipinski definition) is 6. The average Bonchev–Trinajstić information content (AvgIpc) is 3.42. The number of benzene rings is 3. The second kappa shape index (κ2) is 13.5. The average molecular weight is 587 g/mol. The Labute approximate surface area is 250 Å². The van der Waals surface area contributed by atoms with Gasteiger partial charge in [-0.2, -0.15) is 0 Å². The van der Waals surface area contributed by atoms with E-state index in [1.165, 1.54) is 0 Å². The SMILES string of the molecule is CCCc1nc(C)n(-c2ccc(OC(C)CC)cc2)c(=O)c1Cc1ccc(-c2ccccc2-c2noc(=O)[nH]2)cc1.Cl. The molecule has 0 radical (unpaired) electrons. The number of H-pyrrole nitrogens is 1. The van der Waals surface area contributed by atoms with Crippen molar-refractivity contribution in [2.75, 3.05) is 0 Å². The van der Waals surface area contributed by atoms with Crippen molar-refractivity contribution in [2.45, 2.75) is 59.5 Å². The molecule has 1 atom stereocenters. The molecule has 1 unspecified atom stereocenters. The van der Waals surface area contributed by atoms with Gasteiger partial charge in [0.05, 0.1) is 17.5 Å². The molecule has 0 saturated carbocycles. The second-order valence-electron chi connectivity index (χ2n) is 10.2. The fourth-order valence-electron chi connectivity index (χ4n) is 4.93. The molecule has 5 rings (SSSR count). The third-order valence-corrected chi connectivity index (χ3v) is 7.19. The first-order valence-electron chi connectivity index (χ1n) is 14.0. The van der Waals surface area contributed by atoms with Gasteiger partial charge in [0.25, 0.3) is 5.56 Å². The summed E-state index contributed by atoms with van der Waals surface area (Å²) in [4.78, 5) is 32.9. The molecule has 0 aliphatic heterocycles. The van der Waals surface area contributed by atoms with Crippen molar-refractivity contribution in [3.05, 3.63) is 116 Å². The van der Waals surface area contributed by atoms with Crippen LogP contribution in [0.25, 0.3) is 28.2 Å². The number of hydrogen-bond donors (Lipinski definition) is 1.